The van der Waals surface area contributed by atoms with E-state index in [0.717, 1.165) is 12.1 Å². The molecule has 0 spiro atoms. The molecule has 0 bridgehead atoms. The minimum absolute atomic E-state index is 0.0266. The SMILES string of the molecule is O=C(O)C1CCC(c2nc3c(F)cc(F)cc3[nH]2)O1. The van der Waals surface area contributed by atoms with Crippen LogP contribution in [0, 0.1) is 11.6 Å². The summed E-state index contributed by atoms with van der Waals surface area (Å²) in [6.45, 7) is 0. The van der Waals surface area contributed by atoms with Crippen molar-refractivity contribution in [2.75, 3.05) is 0 Å². The Hall–Kier alpha value is -2.02. The van der Waals surface area contributed by atoms with Crippen LogP contribution < -0.4 is 0 Å². The topological polar surface area (TPSA) is 75.2 Å². The second-order valence-corrected chi connectivity index (χ2v) is 4.43. The van der Waals surface area contributed by atoms with Gasteiger partial charge in [0.2, 0.25) is 0 Å². The van der Waals surface area contributed by atoms with Crippen LogP contribution in [0.5, 0.6) is 0 Å². The molecule has 1 aromatic carbocycles. The number of rotatable bonds is 2. The number of carboxylic acid groups (broad SMARTS) is 1. The Morgan fingerprint density at radius 2 is 2.21 bits per heavy atom. The summed E-state index contributed by atoms with van der Waals surface area (Å²) in [6, 6.07) is 1.89. The second-order valence-electron chi connectivity index (χ2n) is 4.43. The van der Waals surface area contributed by atoms with Crippen molar-refractivity contribution in [1.82, 2.24) is 9.97 Å². The lowest BCUT2D eigenvalue weighted by Gasteiger charge is -2.07. The lowest BCUT2D eigenvalue weighted by Crippen LogP contribution is -2.18. The lowest BCUT2D eigenvalue weighted by molar-refractivity contribution is -0.149. The maximum Gasteiger partial charge on any atom is 0.332 e. The number of aromatic nitrogens is 2. The number of H-pyrrole nitrogens is 1. The van der Waals surface area contributed by atoms with Gasteiger partial charge in [-0.3, -0.25) is 0 Å². The van der Waals surface area contributed by atoms with Crippen LogP contribution in [0.3, 0.4) is 0 Å². The van der Waals surface area contributed by atoms with Crippen LogP contribution >= 0.6 is 0 Å². The second kappa shape index (κ2) is 4.27. The number of nitrogens with zero attached hydrogens (tertiary/aromatic N) is 1. The zero-order valence-electron chi connectivity index (χ0n) is 9.69. The summed E-state index contributed by atoms with van der Waals surface area (Å²) in [4.78, 5) is 17.6. The Morgan fingerprint density at radius 3 is 2.89 bits per heavy atom. The first-order valence-electron chi connectivity index (χ1n) is 5.77. The van der Waals surface area contributed by atoms with E-state index in [1.807, 2.05) is 0 Å². The Balaban J connectivity index is 1.94. The fourth-order valence-corrected chi connectivity index (χ4v) is 2.23. The van der Waals surface area contributed by atoms with E-state index in [9.17, 15) is 13.6 Å². The highest BCUT2D eigenvalue weighted by atomic mass is 19.1. The maximum atomic E-state index is 13.5. The van der Waals surface area contributed by atoms with E-state index in [4.69, 9.17) is 9.84 Å². The van der Waals surface area contributed by atoms with Gasteiger partial charge in [0.25, 0.3) is 0 Å². The number of carboxylic acids is 1. The van der Waals surface area contributed by atoms with E-state index in [1.165, 1.54) is 0 Å². The van der Waals surface area contributed by atoms with Crippen molar-refractivity contribution in [1.29, 1.82) is 0 Å². The number of benzene rings is 1. The van der Waals surface area contributed by atoms with Gasteiger partial charge in [-0.05, 0) is 18.9 Å². The van der Waals surface area contributed by atoms with Crippen LogP contribution in [0.15, 0.2) is 12.1 Å². The average molecular weight is 268 g/mol. The number of aromatic amines is 1. The molecule has 1 aliphatic heterocycles. The number of hydrogen-bond donors (Lipinski definition) is 2. The van der Waals surface area contributed by atoms with E-state index in [1.54, 1.807) is 0 Å². The Labute approximate surface area is 106 Å². The number of fused-ring (bicyclic) bond motifs is 1. The highest BCUT2D eigenvalue weighted by Crippen LogP contribution is 2.32. The van der Waals surface area contributed by atoms with E-state index in [-0.39, 0.29) is 11.0 Å². The molecular weight excluding hydrogens is 258 g/mol. The molecule has 1 aliphatic rings. The molecule has 2 aromatic rings. The normalized spacial score (nSPS) is 23.1. The van der Waals surface area contributed by atoms with Crippen LogP contribution in [-0.2, 0) is 9.53 Å². The number of hydrogen-bond acceptors (Lipinski definition) is 3. The highest BCUT2D eigenvalue weighted by Gasteiger charge is 2.33. The van der Waals surface area contributed by atoms with Crippen LogP contribution in [0.1, 0.15) is 24.8 Å². The van der Waals surface area contributed by atoms with E-state index in [2.05, 4.69) is 9.97 Å². The standard InChI is InChI=1S/C12H10F2N2O3/c13-5-3-6(14)10-7(4-5)15-11(16-10)8-1-2-9(19-8)12(17)18/h3-4,8-9H,1-2H2,(H,15,16)(H,17,18). The minimum atomic E-state index is -1.03. The molecule has 100 valence electrons. The third-order valence-corrected chi connectivity index (χ3v) is 3.12. The first-order chi connectivity index (χ1) is 9.04. The number of ether oxygens (including phenoxy) is 1. The molecule has 0 amide bonds. The molecule has 7 heteroatoms. The fourth-order valence-electron chi connectivity index (χ4n) is 2.23. The molecule has 1 fully saturated rings. The van der Waals surface area contributed by atoms with Crippen LogP contribution in [0.25, 0.3) is 11.0 Å². The monoisotopic (exact) mass is 268 g/mol. The van der Waals surface area contributed by atoms with Crippen molar-refractivity contribution in [2.45, 2.75) is 25.0 Å². The van der Waals surface area contributed by atoms with Gasteiger partial charge in [-0.2, -0.15) is 0 Å². The van der Waals surface area contributed by atoms with Crippen molar-refractivity contribution < 1.29 is 23.4 Å². The van der Waals surface area contributed by atoms with Gasteiger partial charge in [0.15, 0.2) is 11.9 Å². The number of aliphatic carboxylic acids is 1. The minimum Gasteiger partial charge on any atom is -0.479 e. The molecule has 1 saturated heterocycles. The predicted octanol–water partition coefficient (Wildman–Crippen LogP) is 2.15. The highest BCUT2D eigenvalue weighted by molar-refractivity contribution is 5.76. The Kier molecular flexibility index (Phi) is 2.70. The summed E-state index contributed by atoms with van der Waals surface area (Å²) in [5, 5.41) is 8.83. The van der Waals surface area contributed by atoms with Gasteiger partial charge in [-0.15, -0.1) is 0 Å². The van der Waals surface area contributed by atoms with Gasteiger partial charge in [0.05, 0.1) is 5.52 Å². The molecule has 0 radical (unpaired) electrons. The van der Waals surface area contributed by atoms with Crippen LogP contribution in [0.2, 0.25) is 0 Å². The van der Waals surface area contributed by atoms with Gasteiger partial charge in [0, 0.05) is 6.07 Å². The average Bonchev–Trinajstić information content (AvgIpc) is 2.92. The smallest absolute Gasteiger partial charge is 0.332 e. The fraction of sp³-hybridized carbons (Fsp3) is 0.333. The van der Waals surface area contributed by atoms with Crippen molar-refractivity contribution in [3.8, 4) is 0 Å². The summed E-state index contributed by atoms with van der Waals surface area (Å²) < 4.78 is 31.8. The zero-order valence-corrected chi connectivity index (χ0v) is 9.69. The quantitative estimate of drug-likeness (QED) is 0.875. The molecule has 5 nitrogen and oxygen atoms in total. The van der Waals surface area contributed by atoms with Crippen molar-refractivity contribution in [3.63, 3.8) is 0 Å². The third kappa shape index (κ3) is 2.06. The largest absolute Gasteiger partial charge is 0.479 e. The lowest BCUT2D eigenvalue weighted by atomic mass is 10.2. The number of halogens is 2. The third-order valence-electron chi connectivity index (χ3n) is 3.12. The van der Waals surface area contributed by atoms with Gasteiger partial charge < -0.3 is 14.8 Å². The van der Waals surface area contributed by atoms with Crippen molar-refractivity contribution in [3.05, 3.63) is 29.6 Å². The Bertz CT molecular complexity index is 656. The molecule has 0 saturated carbocycles. The Morgan fingerprint density at radius 1 is 1.42 bits per heavy atom. The first kappa shape index (κ1) is 12.0. The van der Waals surface area contributed by atoms with E-state index >= 15 is 0 Å². The van der Waals surface area contributed by atoms with Crippen molar-refractivity contribution >= 4 is 17.0 Å². The number of imidazole rings is 1. The summed E-state index contributed by atoms with van der Waals surface area (Å²) in [7, 11) is 0. The molecule has 2 atom stereocenters. The van der Waals surface area contributed by atoms with Gasteiger partial charge >= 0.3 is 5.97 Å². The molecule has 1 aromatic heterocycles. The first-order valence-corrected chi connectivity index (χ1v) is 5.77. The predicted molar refractivity (Wildman–Crippen MR) is 60.5 cm³/mol. The van der Waals surface area contributed by atoms with Crippen LogP contribution in [-0.4, -0.2) is 27.1 Å². The van der Waals surface area contributed by atoms with E-state index in [0.29, 0.717) is 18.7 Å². The molecular formula is C12H10F2N2O3. The van der Waals surface area contributed by atoms with Crippen LogP contribution in [0.4, 0.5) is 8.78 Å². The molecule has 19 heavy (non-hydrogen) atoms. The summed E-state index contributed by atoms with van der Waals surface area (Å²) in [6.07, 6.45) is -0.565. The van der Waals surface area contributed by atoms with Gasteiger partial charge in [-0.25, -0.2) is 18.6 Å². The molecule has 0 aliphatic carbocycles. The molecule has 2 unspecified atom stereocenters. The maximum absolute atomic E-state index is 13.5. The van der Waals surface area contributed by atoms with Gasteiger partial charge in [-0.1, -0.05) is 0 Å². The number of carbonyl (C=O) groups is 1. The van der Waals surface area contributed by atoms with Gasteiger partial charge in [0.1, 0.15) is 23.3 Å². The zero-order chi connectivity index (χ0) is 13.6. The van der Waals surface area contributed by atoms with Crippen molar-refractivity contribution in [2.24, 2.45) is 0 Å². The summed E-state index contributed by atoms with van der Waals surface area (Å²) in [5.41, 5.74) is 0.258. The molecule has 2 N–H and O–H groups in total. The molecule has 3 rings (SSSR count). The number of nitrogens with one attached hydrogen (secondary N) is 1. The molecule has 2 heterocycles. The summed E-state index contributed by atoms with van der Waals surface area (Å²) in [5.74, 6) is -2.17. The van der Waals surface area contributed by atoms with E-state index < -0.39 is 29.8 Å². The summed E-state index contributed by atoms with van der Waals surface area (Å²) >= 11 is 0.